The van der Waals surface area contributed by atoms with E-state index in [1.807, 2.05) is 0 Å². The summed E-state index contributed by atoms with van der Waals surface area (Å²) in [6.07, 6.45) is 0. The lowest BCUT2D eigenvalue weighted by molar-refractivity contribution is 0.569. The van der Waals surface area contributed by atoms with E-state index in [0.29, 0.717) is 0 Å². The van der Waals surface area contributed by atoms with Gasteiger partial charge in [0, 0.05) is 22.2 Å². The highest BCUT2D eigenvalue weighted by Gasteiger charge is 2.35. The summed E-state index contributed by atoms with van der Waals surface area (Å²) in [4.78, 5) is 2.55. The van der Waals surface area contributed by atoms with Gasteiger partial charge in [0.25, 0.3) is 0 Å². The van der Waals surface area contributed by atoms with Crippen LogP contribution in [0.2, 0.25) is 0 Å². The lowest BCUT2D eigenvalue weighted by atomic mass is 9.80. The molecule has 1 heteroatoms. The van der Waals surface area contributed by atoms with Crippen molar-refractivity contribution in [3.63, 3.8) is 0 Å². The largest absolute Gasteiger partial charge is 0.309 e. The Morgan fingerprint density at radius 1 is 0.379 bits per heavy atom. The summed E-state index contributed by atoms with van der Waals surface area (Å²) in [7, 11) is 0. The van der Waals surface area contributed by atoms with Crippen LogP contribution >= 0.6 is 0 Å². The topological polar surface area (TPSA) is 3.24 Å². The Bertz CT molecular complexity index is 2790. The number of rotatable bonds is 6. The molecule has 1 aliphatic carbocycles. The fourth-order valence-corrected chi connectivity index (χ4v) is 9.12. The molecule has 58 heavy (non-hydrogen) atoms. The zero-order valence-electron chi connectivity index (χ0n) is 35.2. The van der Waals surface area contributed by atoms with E-state index in [0.717, 1.165) is 17.1 Å². The number of benzene rings is 8. The first-order valence-corrected chi connectivity index (χ1v) is 20.8. The predicted molar refractivity (Wildman–Crippen MR) is 250 cm³/mol. The number of nitrogens with zero attached hydrogens (tertiary/aromatic N) is 1. The van der Waals surface area contributed by atoms with Crippen LogP contribution in [-0.4, -0.2) is 0 Å². The van der Waals surface area contributed by atoms with Crippen LogP contribution in [0.4, 0.5) is 17.1 Å². The highest BCUT2D eigenvalue weighted by atomic mass is 15.1. The Morgan fingerprint density at radius 3 is 1.55 bits per heavy atom. The molecule has 0 radical (unpaired) electrons. The van der Waals surface area contributed by atoms with E-state index in [-0.39, 0.29) is 16.2 Å². The van der Waals surface area contributed by atoms with Crippen LogP contribution in [0.15, 0.2) is 176 Å². The van der Waals surface area contributed by atoms with Crippen LogP contribution in [0, 0.1) is 0 Å². The first-order valence-electron chi connectivity index (χ1n) is 20.8. The fraction of sp³-hybridized carbons (Fsp3) is 0.193. The van der Waals surface area contributed by atoms with Crippen molar-refractivity contribution in [3.05, 3.63) is 198 Å². The van der Waals surface area contributed by atoms with Crippen molar-refractivity contribution in [2.75, 3.05) is 4.90 Å². The first-order chi connectivity index (χ1) is 27.8. The normalized spacial score (nSPS) is 13.3. The van der Waals surface area contributed by atoms with Gasteiger partial charge in [0.15, 0.2) is 0 Å². The van der Waals surface area contributed by atoms with Crippen LogP contribution in [-0.2, 0) is 16.2 Å². The summed E-state index contributed by atoms with van der Waals surface area (Å²) in [5, 5.41) is 2.49. The second kappa shape index (κ2) is 14.0. The molecule has 0 spiro atoms. The summed E-state index contributed by atoms with van der Waals surface area (Å²) in [6.45, 7) is 18.7. The molecule has 0 N–H and O–H groups in total. The number of anilines is 3. The monoisotopic (exact) mass is 751 g/mol. The van der Waals surface area contributed by atoms with Crippen molar-refractivity contribution in [1.29, 1.82) is 0 Å². The molecule has 0 amide bonds. The molecular formula is C57H53N. The maximum Gasteiger partial charge on any atom is 0.0540 e. The zero-order chi connectivity index (χ0) is 40.4. The van der Waals surface area contributed by atoms with Gasteiger partial charge >= 0.3 is 0 Å². The molecule has 0 bridgehead atoms. The van der Waals surface area contributed by atoms with E-state index in [1.54, 1.807) is 0 Å². The van der Waals surface area contributed by atoms with Crippen LogP contribution in [0.5, 0.6) is 0 Å². The summed E-state index contributed by atoms with van der Waals surface area (Å²) in [6, 6.07) is 65.7. The molecule has 286 valence electrons. The SMILES string of the molecule is CC(C)(C)c1cc(N(c2ccccc2-c2ccc3c(c2)C(C)(C)c2ccccc2-3)c2ccccc2-c2cccc3cccc(-c4ccccc4)c23)cc(C(C)(C)C)c1. The van der Waals surface area contributed by atoms with Crippen molar-refractivity contribution in [3.8, 4) is 44.5 Å². The number of hydrogen-bond acceptors (Lipinski definition) is 1. The van der Waals surface area contributed by atoms with Crippen molar-refractivity contribution < 1.29 is 0 Å². The Morgan fingerprint density at radius 2 is 0.897 bits per heavy atom. The minimum absolute atomic E-state index is 0.0541. The van der Waals surface area contributed by atoms with E-state index in [1.165, 1.54) is 77.5 Å². The molecule has 0 fully saturated rings. The summed E-state index contributed by atoms with van der Waals surface area (Å²) in [5.41, 5.74) is 18.6. The molecule has 0 aliphatic heterocycles. The summed E-state index contributed by atoms with van der Waals surface area (Å²) >= 11 is 0. The Balaban J connectivity index is 1.33. The molecule has 0 aromatic heterocycles. The second-order valence-corrected chi connectivity index (χ2v) is 18.6. The van der Waals surface area contributed by atoms with Crippen molar-refractivity contribution in [1.82, 2.24) is 0 Å². The Labute approximate surface area is 345 Å². The van der Waals surface area contributed by atoms with Gasteiger partial charge in [-0.25, -0.2) is 0 Å². The molecule has 0 saturated heterocycles. The standard InChI is InChI=1S/C57H53N/c1-55(2,3)41-35-42(56(4,5)6)37-43(36-41)58(52-30-16-13-24-44(52)40-32-33-47-46-25-12-15-29-50(46)57(7,8)51(47)34-40)53-31-17-14-26-48(53)49-28-19-23-39-22-18-27-45(54(39)49)38-20-10-9-11-21-38/h9-37H,1-8H3. The van der Waals surface area contributed by atoms with Gasteiger partial charge in [0.05, 0.1) is 11.4 Å². The zero-order valence-corrected chi connectivity index (χ0v) is 35.2. The molecule has 9 rings (SSSR count). The fourth-order valence-electron chi connectivity index (χ4n) is 9.12. The van der Waals surface area contributed by atoms with Gasteiger partial charge in [-0.05, 0) is 108 Å². The van der Waals surface area contributed by atoms with E-state index in [2.05, 4.69) is 236 Å². The molecule has 0 unspecified atom stereocenters. The first kappa shape index (κ1) is 37.4. The Kier molecular flexibility index (Phi) is 9.05. The van der Waals surface area contributed by atoms with Crippen molar-refractivity contribution >= 4 is 27.8 Å². The highest BCUT2D eigenvalue weighted by Crippen LogP contribution is 2.52. The molecule has 0 saturated carbocycles. The van der Waals surface area contributed by atoms with Crippen LogP contribution in [0.1, 0.15) is 77.6 Å². The predicted octanol–water partition coefficient (Wildman–Crippen LogP) is 16.2. The summed E-state index contributed by atoms with van der Waals surface area (Å²) < 4.78 is 0. The van der Waals surface area contributed by atoms with E-state index in [9.17, 15) is 0 Å². The van der Waals surface area contributed by atoms with E-state index < -0.39 is 0 Å². The Hall–Kier alpha value is -6.18. The molecule has 8 aromatic rings. The average molecular weight is 752 g/mol. The van der Waals surface area contributed by atoms with Crippen molar-refractivity contribution in [2.45, 2.75) is 71.6 Å². The lowest BCUT2D eigenvalue weighted by Crippen LogP contribution is -2.19. The summed E-state index contributed by atoms with van der Waals surface area (Å²) in [5.74, 6) is 0. The highest BCUT2D eigenvalue weighted by molar-refractivity contribution is 6.09. The van der Waals surface area contributed by atoms with Gasteiger partial charge in [-0.15, -0.1) is 0 Å². The lowest BCUT2D eigenvalue weighted by Gasteiger charge is -2.33. The van der Waals surface area contributed by atoms with Crippen LogP contribution in [0.3, 0.4) is 0 Å². The molecule has 1 nitrogen and oxygen atoms in total. The third kappa shape index (κ3) is 6.44. The quantitative estimate of drug-likeness (QED) is 0.164. The average Bonchev–Trinajstić information content (AvgIpc) is 3.46. The van der Waals surface area contributed by atoms with Gasteiger partial charge in [0.2, 0.25) is 0 Å². The third-order valence-electron chi connectivity index (χ3n) is 12.4. The molecule has 0 atom stereocenters. The van der Waals surface area contributed by atoms with Gasteiger partial charge in [0.1, 0.15) is 0 Å². The number of fused-ring (bicyclic) bond motifs is 4. The minimum atomic E-state index is -0.101. The van der Waals surface area contributed by atoms with Gasteiger partial charge in [-0.3, -0.25) is 0 Å². The van der Waals surface area contributed by atoms with Gasteiger partial charge in [-0.1, -0.05) is 201 Å². The van der Waals surface area contributed by atoms with E-state index >= 15 is 0 Å². The third-order valence-corrected chi connectivity index (χ3v) is 12.4. The molecule has 0 heterocycles. The molecular weight excluding hydrogens is 699 g/mol. The number of para-hydroxylation sites is 2. The molecule has 8 aromatic carbocycles. The van der Waals surface area contributed by atoms with Crippen molar-refractivity contribution in [2.24, 2.45) is 0 Å². The molecule has 1 aliphatic rings. The van der Waals surface area contributed by atoms with Crippen LogP contribution < -0.4 is 4.90 Å². The van der Waals surface area contributed by atoms with Gasteiger partial charge in [-0.2, -0.15) is 0 Å². The minimum Gasteiger partial charge on any atom is -0.309 e. The number of hydrogen-bond donors (Lipinski definition) is 0. The van der Waals surface area contributed by atoms with Gasteiger partial charge < -0.3 is 4.90 Å². The maximum atomic E-state index is 2.55. The van der Waals surface area contributed by atoms with Crippen LogP contribution in [0.25, 0.3) is 55.3 Å². The van der Waals surface area contributed by atoms with E-state index in [4.69, 9.17) is 0 Å². The smallest absolute Gasteiger partial charge is 0.0540 e. The second-order valence-electron chi connectivity index (χ2n) is 18.6. The maximum absolute atomic E-state index is 2.55.